The average Bonchev–Trinajstić information content (AvgIpc) is 2.98. The summed E-state index contributed by atoms with van der Waals surface area (Å²) in [6.07, 6.45) is 3.07. The van der Waals surface area contributed by atoms with Crippen molar-refractivity contribution in [1.29, 1.82) is 0 Å². The molecule has 1 aromatic carbocycles. The van der Waals surface area contributed by atoms with Crippen molar-refractivity contribution >= 4 is 5.69 Å². The molecule has 0 amide bonds. The van der Waals surface area contributed by atoms with E-state index < -0.39 is 6.10 Å². The Morgan fingerprint density at radius 3 is 2.81 bits per heavy atom. The second kappa shape index (κ2) is 7.10. The Hall–Kier alpha value is -2.05. The van der Waals surface area contributed by atoms with Gasteiger partial charge in [0.1, 0.15) is 18.5 Å². The summed E-state index contributed by atoms with van der Waals surface area (Å²) >= 11 is 0. The molecule has 0 spiro atoms. The molecule has 6 heteroatoms. The third-order valence-corrected chi connectivity index (χ3v) is 3.09. The highest BCUT2D eigenvalue weighted by molar-refractivity contribution is 5.69. The summed E-state index contributed by atoms with van der Waals surface area (Å²) < 4.78 is 5.76. The third-order valence-electron chi connectivity index (χ3n) is 3.09. The van der Waals surface area contributed by atoms with E-state index in [1.807, 2.05) is 50.4 Å². The van der Waals surface area contributed by atoms with Crippen LogP contribution in [-0.4, -0.2) is 60.6 Å². The lowest BCUT2D eigenvalue weighted by atomic mass is 10.1. The number of hydrogen-bond acceptors (Lipinski definition) is 5. The van der Waals surface area contributed by atoms with Crippen LogP contribution in [0.1, 0.15) is 0 Å². The number of nitrogens with zero attached hydrogens (tertiary/aromatic N) is 2. The molecular formula is C15H22N4O2. The van der Waals surface area contributed by atoms with E-state index in [1.165, 1.54) is 0 Å². The van der Waals surface area contributed by atoms with Crippen molar-refractivity contribution < 1.29 is 9.84 Å². The molecule has 0 saturated carbocycles. The van der Waals surface area contributed by atoms with Crippen LogP contribution in [0, 0.1) is 0 Å². The van der Waals surface area contributed by atoms with Crippen LogP contribution in [0.5, 0.6) is 5.75 Å². The second-order valence-corrected chi connectivity index (χ2v) is 5.17. The van der Waals surface area contributed by atoms with Crippen LogP contribution < -0.4 is 10.1 Å². The highest BCUT2D eigenvalue weighted by Gasteiger charge is 2.10. The Bertz CT molecular complexity index is 555. The zero-order chi connectivity index (χ0) is 15.2. The summed E-state index contributed by atoms with van der Waals surface area (Å²) in [5.74, 6) is 0.717. The Balaban J connectivity index is 2.11. The maximum atomic E-state index is 9.90. The number of likely N-dealkylation sites (N-methyl/N-ethyl adjacent to an activating group) is 1. The van der Waals surface area contributed by atoms with E-state index in [0.29, 0.717) is 12.3 Å². The minimum atomic E-state index is -0.526. The molecule has 114 valence electrons. The number of aromatic nitrogens is 2. The molecule has 21 heavy (non-hydrogen) atoms. The molecule has 0 aliphatic heterocycles. The van der Waals surface area contributed by atoms with Crippen molar-refractivity contribution in [3.8, 4) is 16.9 Å². The summed E-state index contributed by atoms with van der Waals surface area (Å²) in [6, 6.07) is 5.90. The Labute approximate surface area is 124 Å². The van der Waals surface area contributed by atoms with Crippen molar-refractivity contribution in [3.05, 3.63) is 30.6 Å². The number of aliphatic hydroxyl groups is 1. The molecule has 0 fully saturated rings. The summed E-state index contributed by atoms with van der Waals surface area (Å²) in [5.41, 5.74) is 2.90. The fourth-order valence-electron chi connectivity index (χ4n) is 2.10. The highest BCUT2D eigenvalue weighted by atomic mass is 16.5. The summed E-state index contributed by atoms with van der Waals surface area (Å²) in [6.45, 7) is 0.817. The first kappa shape index (κ1) is 15.3. The van der Waals surface area contributed by atoms with Crippen LogP contribution in [0.25, 0.3) is 11.1 Å². The molecule has 1 aromatic heterocycles. The van der Waals surface area contributed by atoms with Crippen molar-refractivity contribution in [2.24, 2.45) is 0 Å². The van der Waals surface area contributed by atoms with Crippen LogP contribution in [0.2, 0.25) is 0 Å². The molecule has 0 aliphatic rings. The molecule has 0 saturated heterocycles. The number of anilines is 1. The first-order chi connectivity index (χ1) is 10.1. The Morgan fingerprint density at radius 2 is 2.19 bits per heavy atom. The van der Waals surface area contributed by atoms with Crippen molar-refractivity contribution in [2.75, 3.05) is 39.6 Å². The standard InChI is InChI=1S/C15H22N4O2/c1-16-14-5-4-11(12-7-17-18-8-12)6-15(14)21-10-13(20)9-19(2)3/h4-8,13,16,20H,9-10H2,1-3H3,(H,17,18). The van der Waals surface area contributed by atoms with E-state index >= 15 is 0 Å². The maximum absolute atomic E-state index is 9.90. The summed E-state index contributed by atoms with van der Waals surface area (Å²) in [4.78, 5) is 1.93. The van der Waals surface area contributed by atoms with Crippen LogP contribution in [0.4, 0.5) is 5.69 Å². The molecule has 6 nitrogen and oxygen atoms in total. The number of ether oxygens (including phenoxy) is 1. The number of aromatic amines is 1. The summed E-state index contributed by atoms with van der Waals surface area (Å²) in [7, 11) is 5.68. The molecule has 1 atom stereocenters. The molecule has 1 heterocycles. The van der Waals surface area contributed by atoms with Crippen molar-refractivity contribution in [2.45, 2.75) is 6.10 Å². The number of rotatable bonds is 7. The molecule has 1 unspecified atom stereocenters. The lowest BCUT2D eigenvalue weighted by Gasteiger charge is -2.18. The van der Waals surface area contributed by atoms with E-state index in [-0.39, 0.29) is 6.61 Å². The zero-order valence-electron chi connectivity index (χ0n) is 12.6. The smallest absolute Gasteiger partial charge is 0.143 e. The van der Waals surface area contributed by atoms with Gasteiger partial charge in [0.2, 0.25) is 0 Å². The van der Waals surface area contributed by atoms with Crippen LogP contribution in [-0.2, 0) is 0 Å². The first-order valence-corrected chi connectivity index (χ1v) is 6.86. The number of benzene rings is 1. The van der Waals surface area contributed by atoms with Gasteiger partial charge >= 0.3 is 0 Å². The van der Waals surface area contributed by atoms with E-state index in [4.69, 9.17) is 4.74 Å². The predicted molar refractivity (Wildman–Crippen MR) is 83.6 cm³/mol. The van der Waals surface area contributed by atoms with Gasteiger partial charge < -0.3 is 20.1 Å². The normalized spacial score (nSPS) is 12.4. The first-order valence-electron chi connectivity index (χ1n) is 6.86. The van der Waals surface area contributed by atoms with Gasteiger partial charge in [0, 0.05) is 25.4 Å². The third kappa shape index (κ3) is 4.21. The van der Waals surface area contributed by atoms with Crippen LogP contribution in [0.15, 0.2) is 30.6 Å². The Morgan fingerprint density at radius 1 is 1.38 bits per heavy atom. The number of aliphatic hydroxyl groups excluding tert-OH is 1. The number of hydrogen-bond donors (Lipinski definition) is 3. The molecule has 2 rings (SSSR count). The minimum Gasteiger partial charge on any atom is -0.489 e. The van der Waals surface area contributed by atoms with Crippen molar-refractivity contribution in [3.63, 3.8) is 0 Å². The van der Waals surface area contributed by atoms with Crippen molar-refractivity contribution in [1.82, 2.24) is 15.1 Å². The van der Waals surface area contributed by atoms with Crippen LogP contribution >= 0.6 is 0 Å². The second-order valence-electron chi connectivity index (χ2n) is 5.17. The van der Waals surface area contributed by atoms with Gasteiger partial charge in [-0.15, -0.1) is 0 Å². The van der Waals surface area contributed by atoms with Gasteiger partial charge in [-0.3, -0.25) is 5.10 Å². The number of nitrogens with one attached hydrogen (secondary N) is 2. The van der Waals surface area contributed by atoms with Gasteiger partial charge in [-0.05, 0) is 31.8 Å². The fourth-order valence-corrected chi connectivity index (χ4v) is 2.10. The maximum Gasteiger partial charge on any atom is 0.143 e. The topological polar surface area (TPSA) is 73.4 Å². The quantitative estimate of drug-likeness (QED) is 0.719. The van der Waals surface area contributed by atoms with Gasteiger partial charge in [0.25, 0.3) is 0 Å². The molecular weight excluding hydrogens is 268 g/mol. The zero-order valence-corrected chi connectivity index (χ0v) is 12.6. The fraction of sp³-hybridized carbons (Fsp3) is 0.400. The lowest BCUT2D eigenvalue weighted by molar-refractivity contribution is 0.0834. The lowest BCUT2D eigenvalue weighted by Crippen LogP contribution is -2.30. The summed E-state index contributed by atoms with van der Waals surface area (Å²) in [5, 5.41) is 19.7. The van der Waals surface area contributed by atoms with Crippen LogP contribution in [0.3, 0.4) is 0 Å². The minimum absolute atomic E-state index is 0.252. The number of H-pyrrole nitrogens is 1. The highest BCUT2D eigenvalue weighted by Crippen LogP contribution is 2.30. The molecule has 0 radical (unpaired) electrons. The van der Waals surface area contributed by atoms with Gasteiger partial charge in [-0.1, -0.05) is 6.07 Å². The van der Waals surface area contributed by atoms with E-state index in [2.05, 4.69) is 15.5 Å². The van der Waals surface area contributed by atoms with E-state index in [9.17, 15) is 5.11 Å². The van der Waals surface area contributed by atoms with Gasteiger partial charge in [-0.25, -0.2) is 0 Å². The van der Waals surface area contributed by atoms with Gasteiger partial charge in [0.15, 0.2) is 0 Å². The molecule has 0 aliphatic carbocycles. The van der Waals surface area contributed by atoms with E-state index in [0.717, 1.165) is 16.8 Å². The Kier molecular flexibility index (Phi) is 5.19. The van der Waals surface area contributed by atoms with Gasteiger partial charge in [0.05, 0.1) is 11.9 Å². The SMILES string of the molecule is CNc1ccc(-c2cn[nH]c2)cc1OCC(O)CN(C)C. The average molecular weight is 290 g/mol. The van der Waals surface area contributed by atoms with Gasteiger partial charge in [-0.2, -0.15) is 5.10 Å². The molecule has 2 aromatic rings. The monoisotopic (exact) mass is 290 g/mol. The van der Waals surface area contributed by atoms with E-state index in [1.54, 1.807) is 6.20 Å². The largest absolute Gasteiger partial charge is 0.489 e. The predicted octanol–water partition coefficient (Wildman–Crippen LogP) is 1.42. The molecule has 3 N–H and O–H groups in total. The molecule has 0 bridgehead atoms.